The molecule has 4 aromatic rings. The number of anilines is 1. The molecule has 2 N–H and O–H groups in total. The molecule has 31 heavy (non-hydrogen) atoms. The summed E-state index contributed by atoms with van der Waals surface area (Å²) in [7, 11) is 0. The molecule has 0 unspecified atom stereocenters. The summed E-state index contributed by atoms with van der Waals surface area (Å²) >= 11 is 7.58. The molecule has 0 aliphatic rings. The highest BCUT2D eigenvalue weighted by Crippen LogP contribution is 2.32. The molecule has 0 saturated heterocycles. The molecule has 0 radical (unpaired) electrons. The summed E-state index contributed by atoms with van der Waals surface area (Å²) < 4.78 is 32.4. The van der Waals surface area contributed by atoms with E-state index in [1.54, 1.807) is 18.3 Å². The van der Waals surface area contributed by atoms with Gasteiger partial charge in [-0.05, 0) is 30.7 Å². The van der Waals surface area contributed by atoms with Gasteiger partial charge in [0.1, 0.15) is 11.5 Å². The summed E-state index contributed by atoms with van der Waals surface area (Å²) in [5.41, 5.74) is 1.47. The Labute approximate surface area is 187 Å². The van der Waals surface area contributed by atoms with E-state index < -0.39 is 23.0 Å². The van der Waals surface area contributed by atoms with Crippen molar-refractivity contribution in [2.75, 3.05) is 10.5 Å². The van der Waals surface area contributed by atoms with Crippen LogP contribution in [0.15, 0.2) is 54.9 Å². The topological polar surface area (TPSA) is 57.8 Å². The zero-order valence-corrected chi connectivity index (χ0v) is 18.1. The maximum absolute atomic E-state index is 15.0. The molecule has 2 aromatic heterocycles. The number of halogens is 3. The van der Waals surface area contributed by atoms with Crippen LogP contribution < -0.4 is 4.72 Å². The average molecular weight is 458 g/mol. The van der Waals surface area contributed by atoms with Crippen LogP contribution in [0.25, 0.3) is 22.2 Å². The summed E-state index contributed by atoms with van der Waals surface area (Å²) in [6, 6.07) is 11.4. The van der Waals surface area contributed by atoms with Crippen molar-refractivity contribution in [1.82, 2.24) is 9.97 Å². The van der Waals surface area contributed by atoms with Gasteiger partial charge in [0, 0.05) is 45.2 Å². The van der Waals surface area contributed by atoms with Crippen LogP contribution >= 0.6 is 23.5 Å². The molecule has 4 nitrogen and oxygen atoms in total. The van der Waals surface area contributed by atoms with Crippen molar-refractivity contribution in [2.45, 2.75) is 13.3 Å². The van der Waals surface area contributed by atoms with Crippen LogP contribution in [0.2, 0.25) is 5.02 Å². The lowest BCUT2D eigenvalue weighted by atomic mass is 10.00. The number of rotatable bonds is 7. The second-order valence-electron chi connectivity index (χ2n) is 6.87. The molecule has 0 spiro atoms. The van der Waals surface area contributed by atoms with Crippen LogP contribution in [0.4, 0.5) is 14.5 Å². The molecule has 0 fully saturated rings. The molecular weight excluding hydrogens is 440 g/mol. The third-order valence-corrected chi connectivity index (χ3v) is 6.07. The zero-order chi connectivity index (χ0) is 22.0. The van der Waals surface area contributed by atoms with Crippen molar-refractivity contribution in [3.8, 4) is 11.1 Å². The Balaban J connectivity index is 1.77. The second kappa shape index (κ2) is 9.08. The van der Waals surface area contributed by atoms with Crippen molar-refractivity contribution in [3.05, 3.63) is 82.6 Å². The molecule has 2 aromatic carbocycles. The zero-order valence-electron chi connectivity index (χ0n) is 16.5. The van der Waals surface area contributed by atoms with Gasteiger partial charge in [-0.1, -0.05) is 48.7 Å². The number of aromatic nitrogens is 2. The average Bonchev–Trinajstić information content (AvgIpc) is 3.19. The lowest BCUT2D eigenvalue weighted by Gasteiger charge is -2.10. The number of hydrogen-bond donors (Lipinski definition) is 2. The third-order valence-electron chi connectivity index (χ3n) is 4.77. The number of pyridine rings is 1. The van der Waals surface area contributed by atoms with Gasteiger partial charge >= 0.3 is 0 Å². The van der Waals surface area contributed by atoms with E-state index in [1.165, 1.54) is 24.2 Å². The summed E-state index contributed by atoms with van der Waals surface area (Å²) in [6.07, 6.45) is 3.94. The van der Waals surface area contributed by atoms with Crippen molar-refractivity contribution in [3.63, 3.8) is 0 Å². The summed E-state index contributed by atoms with van der Waals surface area (Å²) in [6.45, 7) is 1.99. The number of carbonyl (C=O) groups excluding carboxylic acids is 1. The van der Waals surface area contributed by atoms with Crippen LogP contribution in [0.1, 0.15) is 29.3 Å². The molecule has 158 valence electrons. The van der Waals surface area contributed by atoms with Crippen molar-refractivity contribution < 1.29 is 13.6 Å². The van der Waals surface area contributed by atoms with E-state index in [4.69, 9.17) is 11.6 Å². The lowest BCUT2D eigenvalue weighted by Crippen LogP contribution is -2.09. The van der Waals surface area contributed by atoms with E-state index in [0.29, 0.717) is 21.6 Å². The van der Waals surface area contributed by atoms with Crippen LogP contribution in [-0.2, 0) is 0 Å². The number of aromatic amines is 1. The first-order valence-corrected chi connectivity index (χ1v) is 11.0. The van der Waals surface area contributed by atoms with E-state index in [-0.39, 0.29) is 11.3 Å². The summed E-state index contributed by atoms with van der Waals surface area (Å²) in [4.78, 5) is 20.4. The highest BCUT2D eigenvalue weighted by molar-refractivity contribution is 8.00. The monoisotopic (exact) mass is 457 g/mol. The molecule has 0 atom stereocenters. The molecule has 0 aliphatic heterocycles. The van der Waals surface area contributed by atoms with Gasteiger partial charge in [-0.15, -0.1) is 0 Å². The van der Waals surface area contributed by atoms with Crippen LogP contribution in [0.5, 0.6) is 0 Å². The number of nitrogens with one attached hydrogen (secondary N) is 2. The molecule has 0 bridgehead atoms. The number of nitrogens with zero attached hydrogens (tertiary/aromatic N) is 1. The Bertz CT molecular complexity index is 1280. The quantitative estimate of drug-likeness (QED) is 0.181. The Morgan fingerprint density at radius 1 is 1.23 bits per heavy atom. The Kier molecular flexibility index (Phi) is 6.25. The molecule has 0 aliphatic carbocycles. The highest BCUT2D eigenvalue weighted by Gasteiger charge is 2.24. The van der Waals surface area contributed by atoms with E-state index >= 15 is 4.39 Å². The van der Waals surface area contributed by atoms with Gasteiger partial charge < -0.3 is 9.71 Å². The molecule has 2 heterocycles. The van der Waals surface area contributed by atoms with Crippen molar-refractivity contribution in [2.24, 2.45) is 0 Å². The summed E-state index contributed by atoms with van der Waals surface area (Å²) in [5.74, 6) is -1.85. The molecule has 0 amide bonds. The van der Waals surface area contributed by atoms with Crippen LogP contribution in [0.3, 0.4) is 0 Å². The standard InChI is InChI=1S/C23H18ClF2N3OS/c1-2-9-31-29-19-8-7-18(25)20(21(19)26)22(30)16-12-28-23-15(16)10-13(11-27-23)14-5-3-4-6-17(14)24/h3-8,10-12,29H,2,9H2,1H3,(H,27,28). The normalized spacial score (nSPS) is 11.1. The fourth-order valence-corrected chi connectivity index (χ4v) is 4.10. The van der Waals surface area contributed by atoms with Gasteiger partial charge in [0.05, 0.1) is 11.3 Å². The van der Waals surface area contributed by atoms with E-state index in [1.807, 2.05) is 25.1 Å². The van der Waals surface area contributed by atoms with E-state index in [2.05, 4.69) is 14.7 Å². The highest BCUT2D eigenvalue weighted by atomic mass is 35.5. The first kappa shape index (κ1) is 21.3. The minimum atomic E-state index is -0.918. The number of carbonyl (C=O) groups is 1. The number of hydrogen-bond acceptors (Lipinski definition) is 4. The third kappa shape index (κ3) is 4.16. The number of fused-ring (bicyclic) bond motifs is 1. The first-order valence-electron chi connectivity index (χ1n) is 9.63. The van der Waals surface area contributed by atoms with Gasteiger partial charge in [0.25, 0.3) is 0 Å². The Morgan fingerprint density at radius 2 is 2.03 bits per heavy atom. The second-order valence-corrected chi connectivity index (χ2v) is 8.17. The minimum absolute atomic E-state index is 0.0675. The fraction of sp³-hybridized carbons (Fsp3) is 0.130. The van der Waals surface area contributed by atoms with Crippen LogP contribution in [-0.4, -0.2) is 21.5 Å². The molecule has 4 rings (SSSR count). The Morgan fingerprint density at radius 3 is 2.81 bits per heavy atom. The largest absolute Gasteiger partial charge is 0.345 e. The van der Waals surface area contributed by atoms with Crippen LogP contribution in [0, 0.1) is 11.6 Å². The predicted molar refractivity (Wildman–Crippen MR) is 123 cm³/mol. The summed E-state index contributed by atoms with van der Waals surface area (Å²) in [5, 5.41) is 0.993. The van der Waals surface area contributed by atoms with Crippen molar-refractivity contribution >= 4 is 46.1 Å². The number of ketones is 1. The molecule has 8 heteroatoms. The van der Waals surface area contributed by atoms with Gasteiger partial charge in [-0.2, -0.15) is 0 Å². The number of H-pyrrole nitrogens is 1. The molecule has 0 saturated carbocycles. The molecular formula is C23H18ClF2N3OS. The SMILES string of the molecule is CCCSNc1ccc(F)c(C(=O)c2c[nH]c3ncc(-c4ccccc4Cl)cc23)c1F. The number of benzene rings is 2. The maximum Gasteiger partial charge on any atom is 0.201 e. The van der Waals surface area contributed by atoms with E-state index in [0.717, 1.165) is 23.8 Å². The minimum Gasteiger partial charge on any atom is -0.345 e. The Hall–Kier alpha value is -2.90. The smallest absolute Gasteiger partial charge is 0.201 e. The first-order chi connectivity index (χ1) is 15.0. The van der Waals surface area contributed by atoms with Crippen molar-refractivity contribution in [1.29, 1.82) is 0 Å². The van der Waals surface area contributed by atoms with E-state index in [9.17, 15) is 9.18 Å². The van der Waals surface area contributed by atoms with Gasteiger partial charge in [0.2, 0.25) is 5.78 Å². The van der Waals surface area contributed by atoms with Gasteiger partial charge in [-0.3, -0.25) is 4.79 Å². The maximum atomic E-state index is 15.0. The van der Waals surface area contributed by atoms with Gasteiger partial charge in [-0.25, -0.2) is 13.8 Å². The lowest BCUT2D eigenvalue weighted by molar-refractivity contribution is 0.103. The fourth-order valence-electron chi connectivity index (χ4n) is 3.24. The predicted octanol–water partition coefficient (Wildman–Crippen LogP) is 6.86. The van der Waals surface area contributed by atoms with Gasteiger partial charge in [0.15, 0.2) is 5.82 Å².